The van der Waals surface area contributed by atoms with Crippen molar-refractivity contribution in [2.75, 3.05) is 11.9 Å². The van der Waals surface area contributed by atoms with Gasteiger partial charge in [0.25, 0.3) is 0 Å². The maximum Gasteiger partial charge on any atom is 0.319 e. The van der Waals surface area contributed by atoms with Crippen molar-refractivity contribution < 1.29 is 9.90 Å². The molecule has 2 aromatic rings. The zero-order valence-electron chi connectivity index (χ0n) is 14.1. The van der Waals surface area contributed by atoms with Crippen LogP contribution in [-0.4, -0.2) is 33.1 Å². The van der Waals surface area contributed by atoms with Gasteiger partial charge in [0.15, 0.2) is 0 Å². The monoisotopic (exact) mass is 316 g/mol. The van der Waals surface area contributed by atoms with Gasteiger partial charge in [-0.25, -0.2) is 9.48 Å². The fourth-order valence-electron chi connectivity index (χ4n) is 2.44. The van der Waals surface area contributed by atoms with Gasteiger partial charge in [-0.2, -0.15) is 5.10 Å². The number of aromatic nitrogens is 2. The summed E-state index contributed by atoms with van der Waals surface area (Å²) >= 11 is 0. The highest BCUT2D eigenvalue weighted by Gasteiger charge is 2.20. The molecule has 6 nitrogen and oxygen atoms in total. The van der Waals surface area contributed by atoms with Gasteiger partial charge in [-0.1, -0.05) is 12.1 Å². The largest absolute Gasteiger partial charge is 0.396 e. The van der Waals surface area contributed by atoms with Crippen LogP contribution >= 0.6 is 0 Å². The highest BCUT2D eigenvalue weighted by molar-refractivity contribution is 5.92. The average molecular weight is 316 g/mol. The summed E-state index contributed by atoms with van der Waals surface area (Å²) in [5, 5.41) is 19.2. The second kappa shape index (κ2) is 6.83. The summed E-state index contributed by atoms with van der Waals surface area (Å²) in [7, 11) is 0. The number of aryl methyl sites for hydroxylation is 2. The van der Waals surface area contributed by atoms with Crippen LogP contribution in [-0.2, 0) is 0 Å². The molecule has 0 bridgehead atoms. The fraction of sp³-hybridized carbons (Fsp3) is 0.412. The van der Waals surface area contributed by atoms with E-state index in [0.717, 1.165) is 17.1 Å². The molecule has 0 saturated heterocycles. The van der Waals surface area contributed by atoms with Crippen molar-refractivity contribution in [2.45, 2.75) is 39.7 Å². The number of carbonyl (C=O) groups is 1. The Morgan fingerprint density at radius 3 is 2.61 bits per heavy atom. The molecule has 2 rings (SSSR count). The van der Waals surface area contributed by atoms with Crippen molar-refractivity contribution in [1.29, 1.82) is 0 Å². The molecule has 0 aliphatic carbocycles. The molecule has 1 heterocycles. The minimum Gasteiger partial charge on any atom is -0.396 e. The fourth-order valence-corrected chi connectivity index (χ4v) is 2.44. The van der Waals surface area contributed by atoms with E-state index in [4.69, 9.17) is 5.11 Å². The molecular formula is C17H24N4O2. The molecule has 3 N–H and O–H groups in total. The Labute approximate surface area is 136 Å². The predicted molar refractivity (Wildman–Crippen MR) is 91.0 cm³/mol. The molecule has 0 saturated carbocycles. The minimum absolute atomic E-state index is 0.0234. The SMILES string of the molecule is Cc1cc(C)n(-c2ccccc2NC(=O)NC(C)(C)CCO)n1. The van der Waals surface area contributed by atoms with Crippen LogP contribution in [0.25, 0.3) is 5.69 Å². The number of nitrogens with one attached hydrogen (secondary N) is 2. The zero-order valence-corrected chi connectivity index (χ0v) is 14.1. The summed E-state index contributed by atoms with van der Waals surface area (Å²) in [5.74, 6) is 0. The van der Waals surface area contributed by atoms with Crippen LogP contribution in [0, 0.1) is 13.8 Å². The molecule has 1 aromatic carbocycles. The molecule has 23 heavy (non-hydrogen) atoms. The molecule has 2 amide bonds. The first-order valence-electron chi connectivity index (χ1n) is 7.65. The summed E-state index contributed by atoms with van der Waals surface area (Å²) in [5.41, 5.74) is 2.93. The molecule has 0 fully saturated rings. The number of nitrogens with zero attached hydrogens (tertiary/aromatic N) is 2. The number of hydrogen-bond donors (Lipinski definition) is 3. The second-order valence-corrected chi connectivity index (χ2v) is 6.29. The van der Waals surface area contributed by atoms with E-state index in [0.29, 0.717) is 12.1 Å². The lowest BCUT2D eigenvalue weighted by Gasteiger charge is -2.25. The summed E-state index contributed by atoms with van der Waals surface area (Å²) in [6, 6.07) is 9.20. The van der Waals surface area contributed by atoms with E-state index < -0.39 is 5.54 Å². The van der Waals surface area contributed by atoms with Gasteiger partial charge in [-0.05, 0) is 52.3 Å². The van der Waals surface area contributed by atoms with Crippen LogP contribution in [0.5, 0.6) is 0 Å². The third kappa shape index (κ3) is 4.32. The third-order valence-corrected chi connectivity index (χ3v) is 3.58. The molecule has 124 valence electrons. The number of anilines is 1. The lowest BCUT2D eigenvalue weighted by atomic mass is 10.0. The third-order valence-electron chi connectivity index (χ3n) is 3.58. The van der Waals surface area contributed by atoms with Gasteiger partial charge in [0.05, 0.1) is 17.1 Å². The number of urea groups is 1. The number of rotatable bonds is 5. The van der Waals surface area contributed by atoms with Crippen LogP contribution < -0.4 is 10.6 Å². The van der Waals surface area contributed by atoms with Crippen LogP contribution in [0.3, 0.4) is 0 Å². The molecule has 6 heteroatoms. The van der Waals surface area contributed by atoms with E-state index in [9.17, 15) is 4.79 Å². The lowest BCUT2D eigenvalue weighted by molar-refractivity contribution is 0.218. The summed E-state index contributed by atoms with van der Waals surface area (Å²) in [4.78, 5) is 12.2. The van der Waals surface area contributed by atoms with Gasteiger partial charge in [-0.15, -0.1) is 0 Å². The Morgan fingerprint density at radius 2 is 2.00 bits per heavy atom. The summed E-state index contributed by atoms with van der Waals surface area (Å²) in [6.07, 6.45) is 0.486. The first kappa shape index (κ1) is 17.0. The van der Waals surface area contributed by atoms with Crippen LogP contribution in [0.15, 0.2) is 30.3 Å². The highest BCUT2D eigenvalue weighted by atomic mass is 16.3. The normalized spacial score (nSPS) is 11.3. The molecule has 0 spiro atoms. The van der Waals surface area contributed by atoms with E-state index in [1.807, 2.05) is 62.7 Å². The summed E-state index contributed by atoms with van der Waals surface area (Å²) < 4.78 is 1.81. The standard InChI is InChI=1S/C17H24N4O2/c1-12-11-13(2)21(20-12)15-8-6-5-7-14(15)18-16(23)19-17(3,4)9-10-22/h5-8,11,22H,9-10H2,1-4H3,(H2,18,19,23). The molecular weight excluding hydrogens is 292 g/mol. The Bertz CT molecular complexity index is 692. The van der Waals surface area contributed by atoms with Crippen molar-refractivity contribution >= 4 is 11.7 Å². The second-order valence-electron chi connectivity index (χ2n) is 6.29. The first-order valence-corrected chi connectivity index (χ1v) is 7.65. The maximum absolute atomic E-state index is 12.2. The number of carbonyl (C=O) groups excluding carboxylic acids is 1. The van der Waals surface area contributed by atoms with Crippen molar-refractivity contribution in [1.82, 2.24) is 15.1 Å². The first-order chi connectivity index (χ1) is 10.8. The van der Waals surface area contributed by atoms with Gasteiger partial charge in [0.2, 0.25) is 0 Å². The quantitative estimate of drug-likeness (QED) is 0.793. The van der Waals surface area contributed by atoms with E-state index in [-0.39, 0.29) is 12.6 Å². The number of hydrogen-bond acceptors (Lipinski definition) is 3. The van der Waals surface area contributed by atoms with Crippen LogP contribution in [0.4, 0.5) is 10.5 Å². The highest BCUT2D eigenvalue weighted by Crippen LogP contribution is 2.21. The Balaban J connectivity index is 2.21. The van der Waals surface area contributed by atoms with Crippen molar-refractivity contribution in [3.8, 4) is 5.69 Å². The number of aliphatic hydroxyl groups excluding tert-OH is 1. The molecule has 0 unspecified atom stereocenters. The van der Waals surface area contributed by atoms with E-state index in [1.54, 1.807) is 0 Å². The van der Waals surface area contributed by atoms with E-state index >= 15 is 0 Å². The number of amides is 2. The molecule has 0 aliphatic heterocycles. The van der Waals surface area contributed by atoms with Crippen molar-refractivity contribution in [3.05, 3.63) is 41.7 Å². The summed E-state index contributed by atoms with van der Waals surface area (Å²) in [6.45, 7) is 7.67. The van der Waals surface area contributed by atoms with Crippen molar-refractivity contribution in [3.63, 3.8) is 0 Å². The topological polar surface area (TPSA) is 79.2 Å². The molecule has 0 atom stereocenters. The predicted octanol–water partition coefficient (Wildman–Crippen LogP) is 2.77. The molecule has 0 aliphatic rings. The smallest absolute Gasteiger partial charge is 0.319 e. The van der Waals surface area contributed by atoms with Gasteiger partial charge < -0.3 is 15.7 Å². The number of aliphatic hydroxyl groups is 1. The van der Waals surface area contributed by atoms with E-state index in [1.165, 1.54) is 0 Å². The maximum atomic E-state index is 12.2. The van der Waals surface area contributed by atoms with Crippen LogP contribution in [0.2, 0.25) is 0 Å². The van der Waals surface area contributed by atoms with Gasteiger partial charge in [-0.3, -0.25) is 0 Å². The van der Waals surface area contributed by atoms with Crippen LogP contribution in [0.1, 0.15) is 31.7 Å². The lowest BCUT2D eigenvalue weighted by Crippen LogP contribution is -2.46. The zero-order chi connectivity index (χ0) is 17.0. The van der Waals surface area contributed by atoms with E-state index in [2.05, 4.69) is 15.7 Å². The van der Waals surface area contributed by atoms with Gasteiger partial charge in [0.1, 0.15) is 0 Å². The van der Waals surface area contributed by atoms with Gasteiger partial charge >= 0.3 is 6.03 Å². The van der Waals surface area contributed by atoms with Gasteiger partial charge in [0, 0.05) is 17.8 Å². The number of benzene rings is 1. The molecule has 0 radical (unpaired) electrons. The average Bonchev–Trinajstić information content (AvgIpc) is 2.77. The Kier molecular flexibility index (Phi) is 5.05. The Morgan fingerprint density at radius 1 is 1.30 bits per heavy atom. The number of para-hydroxylation sites is 2. The van der Waals surface area contributed by atoms with Crippen molar-refractivity contribution in [2.24, 2.45) is 0 Å². The molecule has 1 aromatic heterocycles. The minimum atomic E-state index is -0.480. The Hall–Kier alpha value is -2.34.